The van der Waals surface area contributed by atoms with E-state index in [0.717, 1.165) is 84.2 Å². The highest BCUT2D eigenvalue weighted by molar-refractivity contribution is 5.79. The quantitative estimate of drug-likeness (QED) is 0.258. The van der Waals surface area contributed by atoms with Crippen molar-refractivity contribution in [2.24, 2.45) is 10.9 Å². The van der Waals surface area contributed by atoms with Crippen molar-refractivity contribution in [3.05, 3.63) is 0 Å². The van der Waals surface area contributed by atoms with E-state index in [1.54, 1.807) is 0 Å². The second-order valence-electron chi connectivity index (χ2n) is 7.37. The first-order valence-corrected chi connectivity index (χ1v) is 11.2. The van der Waals surface area contributed by atoms with E-state index in [1.807, 2.05) is 0 Å². The van der Waals surface area contributed by atoms with Crippen molar-refractivity contribution in [3.8, 4) is 0 Å². The molecule has 6 nitrogen and oxygen atoms in total. The lowest BCUT2D eigenvalue weighted by molar-refractivity contribution is 0.0205. The predicted molar refractivity (Wildman–Crippen MR) is 115 cm³/mol. The maximum absolute atomic E-state index is 5.81. The standard InChI is InChI=1S/C21H44N4O2/c1-4-13-25(14-5-2)15-7-11-23-21(22-6-3)24-12-8-16-27-19-20-9-17-26-18-10-20/h20H,4-19H2,1-3H3,(H2,22,23,24). The maximum Gasteiger partial charge on any atom is 0.191 e. The molecule has 0 spiro atoms. The van der Waals surface area contributed by atoms with Crippen molar-refractivity contribution >= 4 is 5.96 Å². The molecule has 0 radical (unpaired) electrons. The molecule has 0 aromatic carbocycles. The zero-order valence-corrected chi connectivity index (χ0v) is 18.1. The Morgan fingerprint density at radius 2 is 1.78 bits per heavy atom. The van der Waals surface area contributed by atoms with E-state index in [1.165, 1.54) is 25.9 Å². The lowest BCUT2D eigenvalue weighted by Crippen LogP contribution is -2.39. The molecule has 1 aliphatic rings. The SMILES string of the molecule is CCCN(CCC)CCCNC(=NCCCOCC1CCOCC1)NCC. The predicted octanol–water partition coefficient (Wildman–Crippen LogP) is 2.89. The number of hydrogen-bond acceptors (Lipinski definition) is 4. The van der Waals surface area contributed by atoms with Gasteiger partial charge in [0.25, 0.3) is 0 Å². The molecule has 27 heavy (non-hydrogen) atoms. The Hall–Kier alpha value is -0.850. The number of nitrogens with one attached hydrogen (secondary N) is 2. The molecule has 0 amide bonds. The molecule has 0 saturated carbocycles. The van der Waals surface area contributed by atoms with Crippen LogP contribution < -0.4 is 10.6 Å². The normalized spacial score (nSPS) is 16.1. The summed E-state index contributed by atoms with van der Waals surface area (Å²) in [6.45, 7) is 16.3. The summed E-state index contributed by atoms with van der Waals surface area (Å²) < 4.78 is 11.2. The summed E-state index contributed by atoms with van der Waals surface area (Å²) in [6.07, 6.45) is 6.86. The lowest BCUT2D eigenvalue weighted by atomic mass is 10.0. The van der Waals surface area contributed by atoms with Gasteiger partial charge in [-0.05, 0) is 71.0 Å². The van der Waals surface area contributed by atoms with Gasteiger partial charge in [0.05, 0.1) is 0 Å². The van der Waals surface area contributed by atoms with Gasteiger partial charge in [0.2, 0.25) is 0 Å². The molecular weight excluding hydrogens is 340 g/mol. The fourth-order valence-electron chi connectivity index (χ4n) is 3.34. The highest BCUT2D eigenvalue weighted by Crippen LogP contribution is 2.14. The molecule has 1 aliphatic heterocycles. The molecule has 1 fully saturated rings. The fourth-order valence-corrected chi connectivity index (χ4v) is 3.34. The molecule has 0 aromatic heterocycles. The van der Waals surface area contributed by atoms with E-state index in [2.05, 4.69) is 41.3 Å². The van der Waals surface area contributed by atoms with E-state index in [9.17, 15) is 0 Å². The zero-order valence-electron chi connectivity index (χ0n) is 18.1. The van der Waals surface area contributed by atoms with Crippen LogP contribution in [0, 0.1) is 5.92 Å². The minimum atomic E-state index is 0.682. The second-order valence-corrected chi connectivity index (χ2v) is 7.37. The summed E-state index contributed by atoms with van der Waals surface area (Å²) in [5.74, 6) is 1.61. The van der Waals surface area contributed by atoms with Gasteiger partial charge in [-0.1, -0.05) is 13.8 Å². The number of nitrogens with zero attached hydrogens (tertiary/aromatic N) is 2. The Morgan fingerprint density at radius 3 is 2.44 bits per heavy atom. The van der Waals surface area contributed by atoms with E-state index in [4.69, 9.17) is 9.47 Å². The summed E-state index contributed by atoms with van der Waals surface area (Å²) in [4.78, 5) is 7.23. The van der Waals surface area contributed by atoms with Gasteiger partial charge in [-0.2, -0.15) is 0 Å². The Kier molecular flexibility index (Phi) is 15.5. The average molecular weight is 385 g/mol. The molecule has 1 saturated heterocycles. The highest BCUT2D eigenvalue weighted by Gasteiger charge is 2.13. The fraction of sp³-hybridized carbons (Fsp3) is 0.952. The maximum atomic E-state index is 5.81. The van der Waals surface area contributed by atoms with Crippen LogP contribution in [0.5, 0.6) is 0 Å². The summed E-state index contributed by atoms with van der Waals surface area (Å²) in [5, 5.41) is 6.79. The van der Waals surface area contributed by atoms with Gasteiger partial charge in [0.15, 0.2) is 5.96 Å². The Bertz CT molecular complexity index is 354. The molecular formula is C21H44N4O2. The van der Waals surface area contributed by atoms with Crippen LogP contribution in [-0.2, 0) is 9.47 Å². The molecule has 160 valence electrons. The number of rotatable bonds is 15. The van der Waals surface area contributed by atoms with Crippen molar-refractivity contribution in [2.45, 2.75) is 59.3 Å². The Labute approximate surface area is 167 Å². The van der Waals surface area contributed by atoms with Gasteiger partial charge in [-0.15, -0.1) is 0 Å². The summed E-state index contributed by atoms with van der Waals surface area (Å²) in [6, 6.07) is 0. The third-order valence-electron chi connectivity index (χ3n) is 4.78. The summed E-state index contributed by atoms with van der Waals surface area (Å²) in [5.41, 5.74) is 0. The lowest BCUT2D eigenvalue weighted by Gasteiger charge is -2.21. The van der Waals surface area contributed by atoms with Gasteiger partial charge in [0, 0.05) is 46.1 Å². The van der Waals surface area contributed by atoms with Crippen LogP contribution in [-0.4, -0.2) is 76.6 Å². The number of guanidine groups is 1. The first-order chi connectivity index (χ1) is 13.3. The van der Waals surface area contributed by atoms with Crippen LogP contribution in [0.2, 0.25) is 0 Å². The van der Waals surface area contributed by atoms with Crippen molar-refractivity contribution in [3.63, 3.8) is 0 Å². The summed E-state index contributed by atoms with van der Waals surface area (Å²) >= 11 is 0. The van der Waals surface area contributed by atoms with Crippen LogP contribution >= 0.6 is 0 Å². The third kappa shape index (κ3) is 13.0. The minimum absolute atomic E-state index is 0.682. The highest BCUT2D eigenvalue weighted by atomic mass is 16.5. The first kappa shape index (κ1) is 24.2. The third-order valence-corrected chi connectivity index (χ3v) is 4.78. The van der Waals surface area contributed by atoms with Crippen LogP contribution in [0.4, 0.5) is 0 Å². The van der Waals surface area contributed by atoms with Gasteiger partial charge in [-0.25, -0.2) is 0 Å². The van der Waals surface area contributed by atoms with Crippen molar-refractivity contribution in [1.82, 2.24) is 15.5 Å². The van der Waals surface area contributed by atoms with Crippen molar-refractivity contribution in [1.29, 1.82) is 0 Å². The topological polar surface area (TPSA) is 58.1 Å². The van der Waals surface area contributed by atoms with Crippen LogP contribution in [0.15, 0.2) is 4.99 Å². The van der Waals surface area contributed by atoms with E-state index < -0.39 is 0 Å². The average Bonchev–Trinajstić information content (AvgIpc) is 2.68. The van der Waals surface area contributed by atoms with E-state index in [0.29, 0.717) is 5.92 Å². The molecule has 0 atom stereocenters. The second kappa shape index (κ2) is 17.3. The van der Waals surface area contributed by atoms with Crippen LogP contribution in [0.1, 0.15) is 59.3 Å². The van der Waals surface area contributed by atoms with Crippen LogP contribution in [0.25, 0.3) is 0 Å². The molecule has 1 heterocycles. The number of ether oxygens (including phenoxy) is 2. The monoisotopic (exact) mass is 384 g/mol. The largest absolute Gasteiger partial charge is 0.381 e. The molecule has 0 aromatic rings. The molecule has 6 heteroatoms. The number of hydrogen-bond donors (Lipinski definition) is 2. The van der Waals surface area contributed by atoms with Gasteiger partial charge in [0.1, 0.15) is 0 Å². The smallest absolute Gasteiger partial charge is 0.191 e. The van der Waals surface area contributed by atoms with Crippen molar-refractivity contribution in [2.75, 3.05) is 65.7 Å². The van der Waals surface area contributed by atoms with Gasteiger partial charge >= 0.3 is 0 Å². The van der Waals surface area contributed by atoms with Gasteiger partial charge in [-0.3, -0.25) is 4.99 Å². The molecule has 2 N–H and O–H groups in total. The minimum Gasteiger partial charge on any atom is -0.381 e. The summed E-state index contributed by atoms with van der Waals surface area (Å²) in [7, 11) is 0. The van der Waals surface area contributed by atoms with Gasteiger partial charge < -0.3 is 25.0 Å². The van der Waals surface area contributed by atoms with Crippen LogP contribution in [0.3, 0.4) is 0 Å². The Morgan fingerprint density at radius 1 is 1.04 bits per heavy atom. The molecule has 1 rings (SSSR count). The number of aliphatic imine (C=N–C) groups is 1. The zero-order chi connectivity index (χ0) is 19.6. The molecule has 0 bridgehead atoms. The van der Waals surface area contributed by atoms with E-state index >= 15 is 0 Å². The van der Waals surface area contributed by atoms with Crippen molar-refractivity contribution < 1.29 is 9.47 Å². The molecule has 0 unspecified atom stereocenters. The Balaban J connectivity index is 2.11. The molecule has 0 aliphatic carbocycles. The first-order valence-electron chi connectivity index (χ1n) is 11.2. The van der Waals surface area contributed by atoms with E-state index in [-0.39, 0.29) is 0 Å².